The van der Waals surface area contributed by atoms with Crippen LogP contribution in [0.15, 0.2) is 18.3 Å². The summed E-state index contributed by atoms with van der Waals surface area (Å²) >= 11 is 0. The number of hydrogen-bond acceptors (Lipinski definition) is 3. The monoisotopic (exact) mass is 263 g/mol. The third-order valence-corrected chi connectivity index (χ3v) is 2.95. The molecule has 0 bridgehead atoms. The molecule has 0 aliphatic heterocycles. The number of aromatic nitrogens is 1. The van der Waals surface area contributed by atoms with Gasteiger partial charge in [-0.25, -0.2) is 4.79 Å². The van der Waals surface area contributed by atoms with Crippen LogP contribution in [0.1, 0.15) is 32.4 Å². The normalized spacial score (nSPS) is 15.2. The van der Waals surface area contributed by atoms with Gasteiger partial charge in [-0.3, -0.25) is 4.98 Å². The number of pyridine rings is 1. The molecule has 1 aliphatic carbocycles. The first-order chi connectivity index (χ1) is 8.85. The Bertz CT molecular complexity index is 464. The Morgan fingerprint density at radius 2 is 2.26 bits per heavy atom. The molecule has 1 aromatic rings. The number of carbonyl (C=O) groups excluding carboxylic acids is 1. The molecule has 0 saturated heterocycles. The minimum Gasteiger partial charge on any atom is -0.389 e. The largest absolute Gasteiger partial charge is 0.389 e. The Balaban J connectivity index is 2.03. The average Bonchev–Trinajstić information content (AvgIpc) is 3.08. The molecule has 0 atom stereocenters. The zero-order valence-corrected chi connectivity index (χ0v) is 11.7. The summed E-state index contributed by atoms with van der Waals surface area (Å²) in [6.45, 7) is 5.65. The number of carbonyl (C=O) groups is 1. The summed E-state index contributed by atoms with van der Waals surface area (Å²) in [6.07, 6.45) is 3.69. The van der Waals surface area contributed by atoms with E-state index < -0.39 is 5.60 Å². The lowest BCUT2D eigenvalue weighted by molar-refractivity contribution is 0.0467. The van der Waals surface area contributed by atoms with E-state index >= 15 is 0 Å². The van der Waals surface area contributed by atoms with E-state index in [1.54, 1.807) is 31.0 Å². The second-order valence-corrected chi connectivity index (χ2v) is 5.79. The van der Waals surface area contributed by atoms with Gasteiger partial charge in [0.05, 0.1) is 12.1 Å². The molecule has 5 nitrogen and oxygen atoms in total. The van der Waals surface area contributed by atoms with Crippen molar-refractivity contribution < 1.29 is 9.90 Å². The van der Waals surface area contributed by atoms with E-state index in [1.165, 1.54) is 0 Å². The number of anilines is 1. The van der Waals surface area contributed by atoms with E-state index in [0.717, 1.165) is 24.2 Å². The number of aliphatic hydroxyl groups is 1. The summed E-state index contributed by atoms with van der Waals surface area (Å²) in [5, 5.41) is 12.8. The van der Waals surface area contributed by atoms with Crippen LogP contribution >= 0.6 is 0 Å². The number of urea groups is 1. The predicted octanol–water partition coefficient (Wildman–Crippen LogP) is 2.16. The van der Waals surface area contributed by atoms with E-state index in [2.05, 4.69) is 10.3 Å². The van der Waals surface area contributed by atoms with Crippen molar-refractivity contribution in [3.05, 3.63) is 24.0 Å². The van der Waals surface area contributed by atoms with Crippen molar-refractivity contribution in [1.29, 1.82) is 0 Å². The van der Waals surface area contributed by atoms with Crippen LogP contribution in [0, 0.1) is 6.92 Å². The van der Waals surface area contributed by atoms with Gasteiger partial charge in [-0.2, -0.15) is 0 Å². The van der Waals surface area contributed by atoms with Gasteiger partial charge >= 0.3 is 6.03 Å². The van der Waals surface area contributed by atoms with Crippen LogP contribution in [0.5, 0.6) is 0 Å². The second-order valence-electron chi connectivity index (χ2n) is 5.79. The van der Waals surface area contributed by atoms with Crippen molar-refractivity contribution in [2.75, 3.05) is 11.9 Å². The molecule has 1 saturated carbocycles. The second kappa shape index (κ2) is 5.17. The van der Waals surface area contributed by atoms with Crippen LogP contribution in [0.4, 0.5) is 10.5 Å². The fraction of sp³-hybridized carbons (Fsp3) is 0.571. The van der Waals surface area contributed by atoms with E-state index in [-0.39, 0.29) is 12.1 Å². The lowest BCUT2D eigenvalue weighted by Crippen LogP contribution is -2.45. The molecule has 0 radical (unpaired) electrons. The molecule has 1 aromatic heterocycles. The Labute approximate surface area is 113 Å². The number of rotatable bonds is 4. The number of amides is 2. The van der Waals surface area contributed by atoms with Crippen LogP contribution in [0.3, 0.4) is 0 Å². The average molecular weight is 263 g/mol. The topological polar surface area (TPSA) is 65.5 Å². The highest BCUT2D eigenvalue weighted by molar-refractivity contribution is 5.89. The van der Waals surface area contributed by atoms with Gasteiger partial charge in [0.1, 0.15) is 0 Å². The number of hydrogen-bond donors (Lipinski definition) is 2. The number of aryl methyl sites for hydroxylation is 1. The Morgan fingerprint density at radius 1 is 1.58 bits per heavy atom. The van der Waals surface area contributed by atoms with Crippen LogP contribution in [0.25, 0.3) is 0 Å². The number of nitrogens with zero attached hydrogens (tertiary/aromatic N) is 2. The van der Waals surface area contributed by atoms with Gasteiger partial charge in [0.25, 0.3) is 0 Å². The Hall–Kier alpha value is -1.62. The molecule has 2 amide bonds. The predicted molar refractivity (Wildman–Crippen MR) is 74.0 cm³/mol. The molecule has 0 spiro atoms. The maximum atomic E-state index is 12.3. The van der Waals surface area contributed by atoms with Crippen LogP contribution in [-0.4, -0.2) is 39.2 Å². The molecule has 1 heterocycles. The Kier molecular flexibility index (Phi) is 3.75. The zero-order valence-electron chi connectivity index (χ0n) is 11.7. The van der Waals surface area contributed by atoms with E-state index in [1.807, 2.05) is 13.0 Å². The van der Waals surface area contributed by atoms with E-state index in [9.17, 15) is 9.90 Å². The van der Waals surface area contributed by atoms with Gasteiger partial charge in [0.2, 0.25) is 0 Å². The molecule has 2 N–H and O–H groups in total. The number of nitrogens with one attached hydrogen (secondary N) is 1. The fourth-order valence-electron chi connectivity index (χ4n) is 1.99. The first-order valence-corrected chi connectivity index (χ1v) is 6.58. The lowest BCUT2D eigenvalue weighted by Gasteiger charge is -2.29. The first kappa shape index (κ1) is 13.8. The minimum absolute atomic E-state index is 0.157. The van der Waals surface area contributed by atoms with E-state index in [4.69, 9.17) is 0 Å². The van der Waals surface area contributed by atoms with Gasteiger partial charge in [-0.1, -0.05) is 0 Å². The summed E-state index contributed by atoms with van der Waals surface area (Å²) in [5.41, 5.74) is 0.714. The maximum absolute atomic E-state index is 12.3. The fourth-order valence-corrected chi connectivity index (χ4v) is 1.99. The first-order valence-electron chi connectivity index (χ1n) is 6.58. The minimum atomic E-state index is -0.881. The molecular weight excluding hydrogens is 242 g/mol. The summed E-state index contributed by atoms with van der Waals surface area (Å²) < 4.78 is 0. The van der Waals surface area contributed by atoms with Crippen LogP contribution < -0.4 is 5.32 Å². The van der Waals surface area contributed by atoms with E-state index in [0.29, 0.717) is 6.54 Å². The molecule has 0 unspecified atom stereocenters. The zero-order chi connectivity index (χ0) is 14.0. The van der Waals surface area contributed by atoms with Crippen LogP contribution in [-0.2, 0) is 0 Å². The lowest BCUT2D eigenvalue weighted by atomic mass is 10.1. The maximum Gasteiger partial charge on any atom is 0.322 e. The van der Waals surface area contributed by atoms with Crippen molar-refractivity contribution >= 4 is 11.7 Å². The molecule has 19 heavy (non-hydrogen) atoms. The summed E-state index contributed by atoms with van der Waals surface area (Å²) in [5.74, 6) is 0. The smallest absolute Gasteiger partial charge is 0.322 e. The molecule has 2 rings (SSSR count). The highest BCUT2D eigenvalue weighted by Crippen LogP contribution is 2.28. The third-order valence-electron chi connectivity index (χ3n) is 2.95. The molecular formula is C14H21N3O2. The summed E-state index contributed by atoms with van der Waals surface area (Å²) in [4.78, 5) is 18.1. The summed E-state index contributed by atoms with van der Waals surface area (Å²) in [7, 11) is 0. The van der Waals surface area contributed by atoms with Crippen LogP contribution in [0.2, 0.25) is 0 Å². The SMILES string of the molecule is Cc1cc(NC(=O)N(CC(C)(C)O)C2CC2)ccn1. The van der Waals surface area contributed by atoms with Crippen molar-refractivity contribution in [3.8, 4) is 0 Å². The van der Waals surface area contributed by atoms with Crippen molar-refractivity contribution in [2.45, 2.75) is 45.3 Å². The Morgan fingerprint density at radius 3 is 2.79 bits per heavy atom. The highest BCUT2D eigenvalue weighted by atomic mass is 16.3. The standard InChI is InChI=1S/C14H21N3O2/c1-10-8-11(6-7-15-10)16-13(18)17(12-4-5-12)9-14(2,3)19/h6-8,12,19H,4-5,9H2,1-3H3,(H,15,16,18). The van der Waals surface area contributed by atoms with Crippen molar-refractivity contribution in [1.82, 2.24) is 9.88 Å². The van der Waals surface area contributed by atoms with Gasteiger partial charge in [-0.05, 0) is 45.7 Å². The van der Waals surface area contributed by atoms with Gasteiger partial charge in [0, 0.05) is 23.6 Å². The van der Waals surface area contributed by atoms with Gasteiger partial charge in [0.15, 0.2) is 0 Å². The molecule has 1 aliphatic rings. The molecule has 1 fully saturated rings. The molecule has 5 heteroatoms. The van der Waals surface area contributed by atoms with Crippen molar-refractivity contribution in [3.63, 3.8) is 0 Å². The van der Waals surface area contributed by atoms with Gasteiger partial charge < -0.3 is 15.3 Å². The van der Waals surface area contributed by atoms with Crippen molar-refractivity contribution in [2.24, 2.45) is 0 Å². The molecule has 0 aromatic carbocycles. The quantitative estimate of drug-likeness (QED) is 0.874. The molecule has 104 valence electrons. The van der Waals surface area contributed by atoms with Gasteiger partial charge in [-0.15, -0.1) is 0 Å². The highest BCUT2D eigenvalue weighted by Gasteiger charge is 2.35. The summed E-state index contributed by atoms with van der Waals surface area (Å²) in [6, 6.07) is 3.69. The third kappa shape index (κ3) is 4.21.